The number of hydrogen-bond acceptors (Lipinski definition) is 4. The van der Waals surface area contributed by atoms with Crippen molar-refractivity contribution in [3.05, 3.63) is 65.5 Å². The van der Waals surface area contributed by atoms with Gasteiger partial charge in [-0.05, 0) is 43.2 Å². The van der Waals surface area contributed by atoms with Gasteiger partial charge in [0.15, 0.2) is 0 Å². The summed E-state index contributed by atoms with van der Waals surface area (Å²) in [6.07, 6.45) is 1.25. The molecule has 2 aromatic rings. The standard InChI is InChI=1S/C24H32FN3O3S/c1-3-4-24(29)27(19-21-7-9-22(25)10-8-21)16-13-26-14-17-28(18-15-26)32(30,31)23-11-5-20(2)6-12-23/h5-12H,3-4,13-19H2,1-2H3. The van der Waals surface area contributed by atoms with Gasteiger partial charge in [0.1, 0.15) is 5.82 Å². The normalized spacial score (nSPS) is 15.6. The van der Waals surface area contributed by atoms with Gasteiger partial charge in [-0.3, -0.25) is 9.69 Å². The fourth-order valence-electron chi connectivity index (χ4n) is 3.79. The molecule has 2 aromatic carbocycles. The summed E-state index contributed by atoms with van der Waals surface area (Å²) in [6, 6.07) is 13.2. The van der Waals surface area contributed by atoms with Crippen molar-refractivity contribution in [2.45, 2.75) is 38.1 Å². The Balaban J connectivity index is 1.55. The van der Waals surface area contributed by atoms with Crippen molar-refractivity contribution in [2.75, 3.05) is 39.3 Å². The van der Waals surface area contributed by atoms with Crippen molar-refractivity contribution in [3.8, 4) is 0 Å². The van der Waals surface area contributed by atoms with Crippen molar-refractivity contribution in [1.29, 1.82) is 0 Å². The van der Waals surface area contributed by atoms with E-state index >= 15 is 0 Å². The van der Waals surface area contributed by atoms with Gasteiger partial charge in [-0.25, -0.2) is 12.8 Å². The predicted octanol–water partition coefficient (Wildman–Crippen LogP) is 3.27. The molecule has 0 radical (unpaired) electrons. The van der Waals surface area contributed by atoms with E-state index in [0.717, 1.165) is 17.5 Å². The van der Waals surface area contributed by atoms with Gasteiger partial charge in [-0.2, -0.15) is 4.31 Å². The van der Waals surface area contributed by atoms with Crippen LogP contribution in [0.2, 0.25) is 0 Å². The van der Waals surface area contributed by atoms with Crippen LogP contribution in [0.1, 0.15) is 30.9 Å². The minimum absolute atomic E-state index is 0.0809. The van der Waals surface area contributed by atoms with Gasteiger partial charge in [0, 0.05) is 52.2 Å². The van der Waals surface area contributed by atoms with E-state index in [-0.39, 0.29) is 11.7 Å². The van der Waals surface area contributed by atoms with Gasteiger partial charge >= 0.3 is 0 Å². The Morgan fingerprint density at radius 1 is 1.00 bits per heavy atom. The topological polar surface area (TPSA) is 60.9 Å². The molecule has 0 atom stereocenters. The highest BCUT2D eigenvalue weighted by atomic mass is 32.2. The minimum atomic E-state index is -3.49. The van der Waals surface area contributed by atoms with Gasteiger partial charge in [0.25, 0.3) is 0 Å². The number of carbonyl (C=O) groups is 1. The number of amides is 1. The van der Waals surface area contributed by atoms with Gasteiger partial charge in [0.05, 0.1) is 4.90 Å². The molecule has 174 valence electrons. The highest BCUT2D eigenvalue weighted by Gasteiger charge is 2.28. The average molecular weight is 462 g/mol. The van der Waals surface area contributed by atoms with Gasteiger partial charge in [0.2, 0.25) is 15.9 Å². The summed E-state index contributed by atoms with van der Waals surface area (Å²) in [5.74, 6) is -0.212. The smallest absolute Gasteiger partial charge is 0.243 e. The second kappa shape index (κ2) is 11.0. The number of halogens is 1. The van der Waals surface area contributed by atoms with Gasteiger partial charge < -0.3 is 4.90 Å². The van der Waals surface area contributed by atoms with Crippen LogP contribution >= 0.6 is 0 Å². The lowest BCUT2D eigenvalue weighted by molar-refractivity contribution is -0.132. The Kier molecular flexibility index (Phi) is 8.39. The van der Waals surface area contributed by atoms with Crippen molar-refractivity contribution < 1.29 is 17.6 Å². The van der Waals surface area contributed by atoms with Crippen LogP contribution in [0.15, 0.2) is 53.4 Å². The molecular weight excluding hydrogens is 429 g/mol. The van der Waals surface area contributed by atoms with Crippen molar-refractivity contribution in [1.82, 2.24) is 14.1 Å². The van der Waals surface area contributed by atoms with E-state index in [1.165, 1.54) is 16.4 Å². The second-order valence-corrected chi connectivity index (χ2v) is 10.2. The molecule has 1 heterocycles. The van der Waals surface area contributed by atoms with Crippen LogP contribution in [0.25, 0.3) is 0 Å². The zero-order valence-corrected chi connectivity index (χ0v) is 19.7. The maximum absolute atomic E-state index is 13.2. The molecule has 6 nitrogen and oxygen atoms in total. The van der Waals surface area contributed by atoms with E-state index in [1.807, 2.05) is 30.9 Å². The molecule has 3 rings (SSSR count). The zero-order chi connectivity index (χ0) is 23.1. The molecule has 0 N–H and O–H groups in total. The third kappa shape index (κ3) is 6.37. The molecule has 0 aromatic heterocycles. The van der Waals surface area contributed by atoms with E-state index in [1.54, 1.807) is 24.3 Å². The highest BCUT2D eigenvalue weighted by molar-refractivity contribution is 7.89. The van der Waals surface area contributed by atoms with Gasteiger partial charge in [-0.15, -0.1) is 0 Å². The van der Waals surface area contributed by atoms with Crippen LogP contribution in [0.5, 0.6) is 0 Å². The summed E-state index contributed by atoms with van der Waals surface area (Å²) < 4.78 is 40.5. The lowest BCUT2D eigenvalue weighted by atomic mass is 10.2. The third-order valence-corrected chi connectivity index (χ3v) is 7.69. The first-order valence-electron chi connectivity index (χ1n) is 11.1. The van der Waals surface area contributed by atoms with Crippen molar-refractivity contribution >= 4 is 15.9 Å². The number of hydrogen-bond donors (Lipinski definition) is 0. The molecule has 1 aliphatic heterocycles. The van der Waals surface area contributed by atoms with Crippen molar-refractivity contribution in [2.24, 2.45) is 0 Å². The maximum atomic E-state index is 13.2. The molecule has 1 fully saturated rings. The fraction of sp³-hybridized carbons (Fsp3) is 0.458. The van der Waals surface area contributed by atoms with Crippen LogP contribution in [0.4, 0.5) is 4.39 Å². The molecule has 0 spiro atoms. The number of sulfonamides is 1. The largest absolute Gasteiger partial charge is 0.337 e. The lowest BCUT2D eigenvalue weighted by Crippen LogP contribution is -2.50. The summed E-state index contributed by atoms with van der Waals surface area (Å²) in [6.45, 7) is 7.68. The summed E-state index contributed by atoms with van der Waals surface area (Å²) in [7, 11) is -3.49. The van der Waals surface area contributed by atoms with Crippen LogP contribution < -0.4 is 0 Å². The Morgan fingerprint density at radius 3 is 2.22 bits per heavy atom. The first-order chi connectivity index (χ1) is 15.3. The Bertz CT molecular complexity index is 986. The molecule has 1 amide bonds. The fourth-order valence-corrected chi connectivity index (χ4v) is 5.21. The third-order valence-electron chi connectivity index (χ3n) is 5.78. The number of benzene rings is 2. The highest BCUT2D eigenvalue weighted by Crippen LogP contribution is 2.18. The quantitative estimate of drug-likeness (QED) is 0.575. The summed E-state index contributed by atoms with van der Waals surface area (Å²) >= 11 is 0. The molecular formula is C24H32FN3O3S. The Labute approximate surface area is 190 Å². The molecule has 0 unspecified atom stereocenters. The minimum Gasteiger partial charge on any atom is -0.337 e. The molecule has 32 heavy (non-hydrogen) atoms. The van der Waals surface area contributed by atoms with E-state index in [0.29, 0.717) is 57.1 Å². The number of carbonyl (C=O) groups excluding carboxylic acids is 1. The molecule has 0 aliphatic carbocycles. The average Bonchev–Trinajstić information content (AvgIpc) is 2.78. The Hall–Kier alpha value is -2.29. The number of rotatable bonds is 9. The molecule has 1 aliphatic rings. The summed E-state index contributed by atoms with van der Waals surface area (Å²) in [5.41, 5.74) is 1.92. The van der Waals surface area contributed by atoms with Crippen LogP contribution in [-0.2, 0) is 21.4 Å². The molecule has 0 bridgehead atoms. The van der Waals surface area contributed by atoms with E-state index in [2.05, 4.69) is 4.90 Å². The van der Waals surface area contributed by atoms with E-state index < -0.39 is 10.0 Å². The lowest BCUT2D eigenvalue weighted by Gasteiger charge is -2.35. The first kappa shape index (κ1) is 24.4. The Morgan fingerprint density at radius 2 is 1.62 bits per heavy atom. The SMILES string of the molecule is CCCC(=O)N(CCN1CCN(S(=O)(=O)c2ccc(C)cc2)CC1)Cc1ccc(F)cc1. The number of piperazine rings is 1. The number of nitrogens with zero attached hydrogens (tertiary/aromatic N) is 3. The monoisotopic (exact) mass is 461 g/mol. The van der Waals surface area contributed by atoms with Crippen LogP contribution in [0, 0.1) is 12.7 Å². The maximum Gasteiger partial charge on any atom is 0.243 e. The van der Waals surface area contributed by atoms with Gasteiger partial charge in [-0.1, -0.05) is 36.8 Å². The molecule has 1 saturated heterocycles. The van der Waals surface area contributed by atoms with Crippen molar-refractivity contribution in [3.63, 3.8) is 0 Å². The van der Waals surface area contributed by atoms with Crippen LogP contribution in [0.3, 0.4) is 0 Å². The zero-order valence-electron chi connectivity index (χ0n) is 18.8. The summed E-state index contributed by atoms with van der Waals surface area (Å²) in [5, 5.41) is 0. The predicted molar refractivity (Wildman–Crippen MR) is 123 cm³/mol. The van der Waals surface area contributed by atoms with E-state index in [4.69, 9.17) is 0 Å². The van der Waals surface area contributed by atoms with Crippen LogP contribution in [-0.4, -0.2) is 67.7 Å². The second-order valence-electron chi connectivity index (χ2n) is 8.25. The molecule has 0 saturated carbocycles. The first-order valence-corrected chi connectivity index (χ1v) is 12.5. The molecule has 8 heteroatoms. The summed E-state index contributed by atoms with van der Waals surface area (Å²) in [4.78, 5) is 16.9. The number of aryl methyl sites for hydroxylation is 1. The van der Waals surface area contributed by atoms with E-state index in [9.17, 15) is 17.6 Å².